The normalized spacial score (nSPS) is 9.61. The van der Waals surface area contributed by atoms with Crippen LogP contribution in [0.1, 0.15) is 28.4 Å². The smallest absolute Gasteiger partial charge is 0.345 e. The SMILES string of the molecule is CCOC(=O)c1cc(CCl)cc(C#N)c1[N+](=O)[O-]. The van der Waals surface area contributed by atoms with Gasteiger partial charge in [0.2, 0.25) is 0 Å². The molecular weight excluding hydrogens is 260 g/mol. The van der Waals surface area contributed by atoms with Gasteiger partial charge in [0.05, 0.1) is 11.5 Å². The fourth-order valence-corrected chi connectivity index (χ4v) is 1.57. The van der Waals surface area contributed by atoms with E-state index in [0.717, 1.165) is 0 Å². The lowest BCUT2D eigenvalue weighted by molar-refractivity contribution is -0.385. The van der Waals surface area contributed by atoms with Gasteiger partial charge >= 0.3 is 11.7 Å². The first-order valence-corrected chi connectivity index (χ1v) is 5.53. The van der Waals surface area contributed by atoms with Crippen molar-refractivity contribution in [2.24, 2.45) is 0 Å². The summed E-state index contributed by atoms with van der Waals surface area (Å²) in [6.45, 7) is 1.67. The van der Waals surface area contributed by atoms with Crippen LogP contribution in [0.4, 0.5) is 5.69 Å². The Kier molecular flexibility index (Phi) is 4.63. The van der Waals surface area contributed by atoms with Gasteiger partial charge in [0.15, 0.2) is 0 Å². The van der Waals surface area contributed by atoms with Gasteiger partial charge < -0.3 is 4.74 Å². The first-order chi connectivity index (χ1) is 8.54. The molecule has 0 aliphatic heterocycles. The predicted octanol–water partition coefficient (Wildman–Crippen LogP) is 2.38. The summed E-state index contributed by atoms with van der Waals surface area (Å²) in [6, 6.07) is 4.23. The fourth-order valence-electron chi connectivity index (χ4n) is 1.42. The highest BCUT2D eigenvalue weighted by Gasteiger charge is 2.26. The maximum absolute atomic E-state index is 11.6. The number of nitro groups is 1. The van der Waals surface area contributed by atoms with Gasteiger partial charge in [-0.25, -0.2) is 4.79 Å². The highest BCUT2D eigenvalue weighted by molar-refractivity contribution is 6.17. The molecule has 94 valence electrons. The Hall–Kier alpha value is -2.13. The van der Waals surface area contributed by atoms with E-state index in [4.69, 9.17) is 21.6 Å². The third-order valence-corrected chi connectivity index (χ3v) is 2.43. The van der Waals surface area contributed by atoms with Crippen LogP contribution in [0.2, 0.25) is 0 Å². The topological polar surface area (TPSA) is 93.2 Å². The number of nitriles is 1. The monoisotopic (exact) mass is 268 g/mol. The number of hydrogen-bond acceptors (Lipinski definition) is 5. The average Bonchev–Trinajstić information content (AvgIpc) is 2.36. The molecule has 0 radical (unpaired) electrons. The van der Waals surface area contributed by atoms with Crippen LogP contribution in [0.5, 0.6) is 0 Å². The summed E-state index contributed by atoms with van der Waals surface area (Å²) in [5, 5.41) is 19.8. The second kappa shape index (κ2) is 5.98. The Labute approximate surface area is 108 Å². The zero-order valence-electron chi connectivity index (χ0n) is 9.47. The van der Waals surface area contributed by atoms with Crippen LogP contribution in [0.3, 0.4) is 0 Å². The van der Waals surface area contributed by atoms with Gasteiger partial charge in [0, 0.05) is 5.88 Å². The minimum Gasteiger partial charge on any atom is -0.462 e. The molecule has 18 heavy (non-hydrogen) atoms. The Bertz CT molecular complexity index is 537. The third-order valence-electron chi connectivity index (χ3n) is 2.12. The van der Waals surface area contributed by atoms with Gasteiger partial charge in [0.25, 0.3) is 0 Å². The highest BCUT2D eigenvalue weighted by Crippen LogP contribution is 2.26. The molecular formula is C11H9ClN2O4. The second-order valence-electron chi connectivity index (χ2n) is 3.26. The molecule has 1 aromatic carbocycles. The van der Waals surface area contributed by atoms with Crippen molar-refractivity contribution in [2.45, 2.75) is 12.8 Å². The number of benzene rings is 1. The summed E-state index contributed by atoms with van der Waals surface area (Å²) in [5.41, 5.74) is -0.565. The van der Waals surface area contributed by atoms with E-state index >= 15 is 0 Å². The van der Waals surface area contributed by atoms with E-state index in [0.29, 0.717) is 5.56 Å². The van der Waals surface area contributed by atoms with Crippen LogP contribution >= 0.6 is 11.6 Å². The predicted molar refractivity (Wildman–Crippen MR) is 63.3 cm³/mol. The van der Waals surface area contributed by atoms with Crippen molar-refractivity contribution in [1.29, 1.82) is 5.26 Å². The molecule has 7 heteroatoms. The fraction of sp³-hybridized carbons (Fsp3) is 0.273. The number of hydrogen-bond donors (Lipinski definition) is 0. The molecule has 1 aromatic rings. The van der Waals surface area contributed by atoms with Crippen molar-refractivity contribution in [3.63, 3.8) is 0 Å². The Morgan fingerprint density at radius 3 is 2.72 bits per heavy atom. The molecule has 0 saturated heterocycles. The van der Waals surface area contributed by atoms with Crippen LogP contribution in [-0.2, 0) is 10.6 Å². The molecule has 0 spiro atoms. The molecule has 0 N–H and O–H groups in total. The van der Waals surface area contributed by atoms with E-state index in [9.17, 15) is 14.9 Å². The molecule has 0 saturated carbocycles. The molecule has 0 heterocycles. The van der Waals surface area contributed by atoms with Gasteiger partial charge in [-0.3, -0.25) is 10.1 Å². The van der Waals surface area contributed by atoms with E-state index in [1.165, 1.54) is 12.1 Å². The third kappa shape index (κ3) is 2.76. The number of nitrogens with zero attached hydrogens (tertiary/aromatic N) is 2. The minimum absolute atomic E-state index is 0.0408. The molecule has 0 atom stereocenters. The van der Waals surface area contributed by atoms with E-state index in [1.54, 1.807) is 13.0 Å². The summed E-state index contributed by atoms with van der Waals surface area (Å²) in [5.74, 6) is -0.799. The maximum atomic E-state index is 11.6. The lowest BCUT2D eigenvalue weighted by atomic mass is 10.0. The van der Waals surface area contributed by atoms with Gasteiger partial charge in [0.1, 0.15) is 17.2 Å². The second-order valence-corrected chi connectivity index (χ2v) is 3.53. The number of rotatable bonds is 4. The number of nitro benzene ring substituents is 1. The molecule has 0 bridgehead atoms. The number of ether oxygens (including phenoxy) is 1. The van der Waals surface area contributed by atoms with Crippen molar-refractivity contribution in [2.75, 3.05) is 6.61 Å². The molecule has 0 amide bonds. The van der Waals surface area contributed by atoms with E-state index in [-0.39, 0.29) is 23.6 Å². The van der Waals surface area contributed by atoms with E-state index < -0.39 is 16.6 Å². The summed E-state index contributed by atoms with van der Waals surface area (Å²) in [7, 11) is 0. The van der Waals surface area contributed by atoms with E-state index in [2.05, 4.69) is 0 Å². The van der Waals surface area contributed by atoms with E-state index in [1.807, 2.05) is 0 Å². The molecule has 1 rings (SSSR count). The first kappa shape index (κ1) is 13.9. The van der Waals surface area contributed by atoms with Crippen LogP contribution in [0, 0.1) is 21.4 Å². The minimum atomic E-state index is -0.840. The Morgan fingerprint density at radius 2 is 2.28 bits per heavy atom. The first-order valence-electron chi connectivity index (χ1n) is 4.99. The number of halogens is 1. The standard InChI is InChI=1S/C11H9ClN2O4/c1-2-18-11(15)9-4-7(5-12)3-8(6-13)10(9)14(16)17/h3-4H,2,5H2,1H3. The van der Waals surface area contributed by atoms with Crippen molar-refractivity contribution >= 4 is 23.3 Å². The Balaban J connectivity index is 3.50. The zero-order chi connectivity index (χ0) is 13.7. The van der Waals surface area contributed by atoms with Crippen LogP contribution in [0.25, 0.3) is 0 Å². The molecule has 0 unspecified atom stereocenters. The summed E-state index contributed by atoms with van der Waals surface area (Å²) < 4.78 is 4.72. The van der Waals surface area contributed by atoms with Crippen LogP contribution in [0.15, 0.2) is 12.1 Å². The van der Waals surface area contributed by atoms with Crippen LogP contribution < -0.4 is 0 Å². The number of carbonyl (C=O) groups excluding carboxylic acids is 1. The van der Waals surface area contributed by atoms with Crippen molar-refractivity contribution in [1.82, 2.24) is 0 Å². The van der Waals surface area contributed by atoms with Crippen LogP contribution in [-0.4, -0.2) is 17.5 Å². The molecule has 6 nitrogen and oxygen atoms in total. The number of esters is 1. The average molecular weight is 269 g/mol. The largest absolute Gasteiger partial charge is 0.462 e. The lowest BCUT2D eigenvalue weighted by Gasteiger charge is -2.06. The Morgan fingerprint density at radius 1 is 1.61 bits per heavy atom. The van der Waals surface area contributed by atoms with Gasteiger partial charge in [-0.15, -0.1) is 11.6 Å². The molecule has 0 fully saturated rings. The molecule has 0 aliphatic rings. The van der Waals surface area contributed by atoms with Gasteiger partial charge in [-0.2, -0.15) is 5.26 Å². The van der Waals surface area contributed by atoms with Gasteiger partial charge in [-0.05, 0) is 24.6 Å². The zero-order valence-corrected chi connectivity index (χ0v) is 10.2. The summed E-state index contributed by atoms with van der Waals surface area (Å²) in [4.78, 5) is 21.8. The number of carbonyl (C=O) groups is 1. The highest BCUT2D eigenvalue weighted by atomic mass is 35.5. The number of alkyl halides is 1. The quantitative estimate of drug-likeness (QED) is 0.362. The molecule has 0 aliphatic carbocycles. The van der Waals surface area contributed by atoms with Crippen molar-refractivity contribution in [3.05, 3.63) is 38.9 Å². The maximum Gasteiger partial charge on any atom is 0.345 e. The van der Waals surface area contributed by atoms with Crippen molar-refractivity contribution in [3.8, 4) is 6.07 Å². The summed E-state index contributed by atoms with van der Waals surface area (Å²) >= 11 is 5.61. The van der Waals surface area contributed by atoms with Crippen molar-refractivity contribution < 1.29 is 14.5 Å². The lowest BCUT2D eigenvalue weighted by Crippen LogP contribution is -2.10. The van der Waals surface area contributed by atoms with Gasteiger partial charge in [-0.1, -0.05) is 0 Å². The summed E-state index contributed by atoms with van der Waals surface area (Å²) in [6.07, 6.45) is 0. The molecule has 0 aromatic heterocycles.